The van der Waals surface area contributed by atoms with Crippen LogP contribution in [0.2, 0.25) is 0 Å². The highest BCUT2D eigenvalue weighted by atomic mass is 16.5. The van der Waals surface area contributed by atoms with Crippen LogP contribution < -0.4 is 4.74 Å². The Kier molecular flexibility index (Phi) is 4.23. The van der Waals surface area contributed by atoms with E-state index in [1.165, 1.54) is 5.56 Å². The van der Waals surface area contributed by atoms with E-state index in [1.807, 2.05) is 48.5 Å². The van der Waals surface area contributed by atoms with Crippen molar-refractivity contribution in [3.05, 3.63) is 65.2 Å². The predicted molar refractivity (Wildman–Crippen MR) is 81.3 cm³/mol. The number of ether oxygens (including phenoxy) is 2. The zero-order valence-electron chi connectivity index (χ0n) is 12.2. The molecule has 0 saturated carbocycles. The average molecular weight is 284 g/mol. The maximum Gasteiger partial charge on any atom is 0.119 e. The predicted octanol–water partition coefficient (Wildman–Crippen LogP) is 3.26. The standard InChI is InChI=1S/C18H20O3/c1-20-15-9-7-14-8-10-17(18(19)16(14)11-15)21-12-13-5-3-2-4-6-13/h2-7,9,11,17-19H,8,10,12H2,1H3. The smallest absolute Gasteiger partial charge is 0.119 e. The third-order valence-electron chi connectivity index (χ3n) is 4.03. The van der Waals surface area contributed by atoms with E-state index in [1.54, 1.807) is 7.11 Å². The van der Waals surface area contributed by atoms with E-state index in [2.05, 4.69) is 0 Å². The Morgan fingerprint density at radius 1 is 1.14 bits per heavy atom. The minimum absolute atomic E-state index is 0.162. The molecule has 0 heterocycles. The van der Waals surface area contributed by atoms with E-state index in [4.69, 9.17) is 9.47 Å². The van der Waals surface area contributed by atoms with Crippen molar-refractivity contribution >= 4 is 0 Å². The molecule has 0 spiro atoms. The van der Waals surface area contributed by atoms with E-state index in [0.717, 1.165) is 29.7 Å². The summed E-state index contributed by atoms with van der Waals surface area (Å²) < 4.78 is 11.2. The molecule has 0 aliphatic heterocycles. The van der Waals surface area contributed by atoms with Gasteiger partial charge in [0.2, 0.25) is 0 Å². The van der Waals surface area contributed by atoms with Crippen LogP contribution in [0.3, 0.4) is 0 Å². The van der Waals surface area contributed by atoms with Crippen molar-refractivity contribution in [3.8, 4) is 5.75 Å². The molecule has 3 rings (SSSR count). The Morgan fingerprint density at radius 2 is 1.95 bits per heavy atom. The summed E-state index contributed by atoms with van der Waals surface area (Å²) >= 11 is 0. The van der Waals surface area contributed by atoms with Crippen LogP contribution in [0.4, 0.5) is 0 Å². The topological polar surface area (TPSA) is 38.7 Å². The van der Waals surface area contributed by atoms with Crippen molar-refractivity contribution in [2.24, 2.45) is 0 Å². The number of rotatable bonds is 4. The Bertz CT molecular complexity index is 595. The highest BCUT2D eigenvalue weighted by Gasteiger charge is 2.28. The van der Waals surface area contributed by atoms with Crippen molar-refractivity contribution in [2.45, 2.75) is 31.7 Å². The summed E-state index contributed by atoms with van der Waals surface area (Å²) in [5.74, 6) is 0.775. The molecule has 2 aromatic rings. The highest BCUT2D eigenvalue weighted by molar-refractivity contribution is 5.39. The van der Waals surface area contributed by atoms with Gasteiger partial charge in [0.15, 0.2) is 0 Å². The third-order valence-corrected chi connectivity index (χ3v) is 4.03. The van der Waals surface area contributed by atoms with E-state index in [0.29, 0.717) is 6.61 Å². The number of fused-ring (bicyclic) bond motifs is 1. The molecule has 1 aliphatic rings. The van der Waals surface area contributed by atoms with Gasteiger partial charge in [0, 0.05) is 0 Å². The third kappa shape index (κ3) is 3.09. The van der Waals surface area contributed by atoms with E-state index in [-0.39, 0.29) is 6.10 Å². The monoisotopic (exact) mass is 284 g/mol. The maximum absolute atomic E-state index is 10.5. The lowest BCUT2D eigenvalue weighted by Crippen LogP contribution is -2.28. The molecular weight excluding hydrogens is 264 g/mol. The lowest BCUT2D eigenvalue weighted by atomic mass is 9.87. The Morgan fingerprint density at radius 3 is 2.71 bits per heavy atom. The summed E-state index contributed by atoms with van der Waals surface area (Å²) in [4.78, 5) is 0. The van der Waals surface area contributed by atoms with Crippen LogP contribution in [0.5, 0.6) is 5.75 Å². The molecule has 2 aromatic carbocycles. The van der Waals surface area contributed by atoms with E-state index >= 15 is 0 Å². The van der Waals surface area contributed by atoms with Crippen molar-refractivity contribution in [1.29, 1.82) is 0 Å². The molecule has 0 amide bonds. The second kappa shape index (κ2) is 6.29. The minimum atomic E-state index is -0.590. The average Bonchev–Trinajstić information content (AvgIpc) is 2.55. The van der Waals surface area contributed by atoms with E-state index < -0.39 is 6.10 Å². The molecule has 2 unspecified atom stereocenters. The Labute approximate surface area is 125 Å². The molecule has 2 atom stereocenters. The molecule has 1 N–H and O–H groups in total. The first-order valence-electron chi connectivity index (χ1n) is 7.28. The summed E-state index contributed by atoms with van der Waals surface area (Å²) in [5, 5.41) is 10.5. The Hall–Kier alpha value is -1.84. The van der Waals surface area contributed by atoms with Crippen LogP contribution in [-0.2, 0) is 17.8 Å². The first-order valence-corrected chi connectivity index (χ1v) is 7.28. The molecule has 3 nitrogen and oxygen atoms in total. The van der Waals surface area contributed by atoms with Crippen LogP contribution in [0.15, 0.2) is 48.5 Å². The molecule has 0 bridgehead atoms. The van der Waals surface area contributed by atoms with Gasteiger partial charge in [-0.15, -0.1) is 0 Å². The van der Waals surface area contributed by atoms with Gasteiger partial charge in [0.1, 0.15) is 11.9 Å². The van der Waals surface area contributed by atoms with Crippen LogP contribution in [0.25, 0.3) is 0 Å². The van der Waals surface area contributed by atoms with Crippen molar-refractivity contribution in [3.63, 3.8) is 0 Å². The molecule has 0 radical (unpaired) electrons. The second-order valence-electron chi connectivity index (χ2n) is 5.38. The van der Waals surface area contributed by atoms with Gasteiger partial charge >= 0.3 is 0 Å². The molecule has 1 aliphatic carbocycles. The normalized spacial score (nSPS) is 20.9. The van der Waals surface area contributed by atoms with E-state index in [9.17, 15) is 5.11 Å². The van der Waals surface area contributed by atoms with Gasteiger partial charge in [-0.25, -0.2) is 0 Å². The molecule has 0 fully saturated rings. The first-order chi connectivity index (χ1) is 10.3. The van der Waals surface area contributed by atoms with Gasteiger partial charge in [-0.1, -0.05) is 36.4 Å². The largest absolute Gasteiger partial charge is 0.497 e. The number of aliphatic hydroxyl groups is 1. The minimum Gasteiger partial charge on any atom is -0.497 e. The van der Waals surface area contributed by atoms with Gasteiger partial charge in [-0.3, -0.25) is 0 Å². The summed E-state index contributed by atoms with van der Waals surface area (Å²) in [5.41, 5.74) is 3.24. The van der Waals surface area contributed by atoms with Crippen LogP contribution in [-0.4, -0.2) is 18.3 Å². The molecule has 110 valence electrons. The lowest BCUT2D eigenvalue weighted by molar-refractivity contribution is -0.0565. The fourth-order valence-corrected chi connectivity index (χ4v) is 2.81. The fraction of sp³-hybridized carbons (Fsp3) is 0.333. The van der Waals surface area contributed by atoms with Gasteiger partial charge in [0.05, 0.1) is 19.8 Å². The van der Waals surface area contributed by atoms with Gasteiger partial charge < -0.3 is 14.6 Å². The molecule has 21 heavy (non-hydrogen) atoms. The van der Waals surface area contributed by atoms with Crippen molar-refractivity contribution < 1.29 is 14.6 Å². The maximum atomic E-state index is 10.5. The number of aryl methyl sites for hydroxylation is 1. The van der Waals surface area contributed by atoms with Crippen LogP contribution in [0, 0.1) is 0 Å². The Balaban J connectivity index is 1.71. The number of hydrogen-bond donors (Lipinski definition) is 1. The summed E-state index contributed by atoms with van der Waals surface area (Å²) in [7, 11) is 1.64. The van der Waals surface area contributed by atoms with Gasteiger partial charge in [-0.2, -0.15) is 0 Å². The highest BCUT2D eigenvalue weighted by Crippen LogP contribution is 2.34. The first kappa shape index (κ1) is 14.1. The number of methoxy groups -OCH3 is 1. The molecular formula is C18H20O3. The van der Waals surface area contributed by atoms with Crippen molar-refractivity contribution in [1.82, 2.24) is 0 Å². The SMILES string of the molecule is COc1ccc2c(c1)C(O)C(OCc1ccccc1)CC2. The van der Waals surface area contributed by atoms with Gasteiger partial charge in [-0.05, 0) is 41.7 Å². The number of aliphatic hydroxyl groups excluding tert-OH is 1. The summed E-state index contributed by atoms with van der Waals surface area (Å²) in [6.07, 6.45) is 1.01. The lowest BCUT2D eigenvalue weighted by Gasteiger charge is -2.30. The second-order valence-corrected chi connectivity index (χ2v) is 5.38. The van der Waals surface area contributed by atoms with Crippen LogP contribution in [0.1, 0.15) is 29.2 Å². The summed E-state index contributed by atoms with van der Waals surface area (Å²) in [6.45, 7) is 0.530. The number of benzene rings is 2. The van der Waals surface area contributed by atoms with Crippen LogP contribution >= 0.6 is 0 Å². The summed E-state index contributed by atoms with van der Waals surface area (Å²) in [6, 6.07) is 15.9. The van der Waals surface area contributed by atoms with Crippen molar-refractivity contribution in [2.75, 3.05) is 7.11 Å². The zero-order chi connectivity index (χ0) is 14.7. The molecule has 0 aromatic heterocycles. The number of hydrogen-bond acceptors (Lipinski definition) is 3. The molecule has 0 saturated heterocycles. The quantitative estimate of drug-likeness (QED) is 0.936. The molecule has 3 heteroatoms. The fourth-order valence-electron chi connectivity index (χ4n) is 2.81. The zero-order valence-corrected chi connectivity index (χ0v) is 12.2. The van der Waals surface area contributed by atoms with Gasteiger partial charge in [0.25, 0.3) is 0 Å².